The van der Waals surface area contributed by atoms with Crippen molar-refractivity contribution in [1.82, 2.24) is 4.90 Å². The molecule has 0 atom stereocenters. The summed E-state index contributed by atoms with van der Waals surface area (Å²) in [6.07, 6.45) is 4.79. The first-order valence-electron chi connectivity index (χ1n) is 7.90. The van der Waals surface area contributed by atoms with Crippen molar-refractivity contribution >= 4 is 11.6 Å². The lowest BCUT2D eigenvalue weighted by Gasteiger charge is -2.23. The van der Waals surface area contributed by atoms with E-state index in [1.807, 2.05) is 17.0 Å². The van der Waals surface area contributed by atoms with E-state index < -0.39 is 0 Å². The lowest BCUT2D eigenvalue weighted by Crippen LogP contribution is -2.31. The first-order chi connectivity index (χ1) is 9.76. The van der Waals surface area contributed by atoms with Crippen molar-refractivity contribution < 1.29 is 4.79 Å². The van der Waals surface area contributed by atoms with Gasteiger partial charge in [-0.1, -0.05) is 12.8 Å². The predicted molar refractivity (Wildman–Crippen MR) is 84.4 cm³/mol. The van der Waals surface area contributed by atoms with E-state index in [0.29, 0.717) is 0 Å². The summed E-state index contributed by atoms with van der Waals surface area (Å²) in [5.74, 6) is 0.193. The topological polar surface area (TPSA) is 23.6 Å². The molecule has 1 aliphatic heterocycles. The highest BCUT2D eigenvalue weighted by Gasteiger charge is 2.17. The summed E-state index contributed by atoms with van der Waals surface area (Å²) in [4.78, 5) is 16.8. The minimum Gasteiger partial charge on any atom is -0.372 e. The fourth-order valence-corrected chi connectivity index (χ4v) is 2.86. The SMILES string of the molecule is CCN(CC)c1ccc(C(=O)N2CCCCCC2)cc1. The Morgan fingerprint density at radius 1 is 1.00 bits per heavy atom. The Labute approximate surface area is 122 Å². The highest BCUT2D eigenvalue weighted by Crippen LogP contribution is 2.18. The molecule has 1 aromatic rings. The largest absolute Gasteiger partial charge is 0.372 e. The van der Waals surface area contributed by atoms with E-state index >= 15 is 0 Å². The zero-order valence-electron chi connectivity index (χ0n) is 12.8. The van der Waals surface area contributed by atoms with Crippen LogP contribution >= 0.6 is 0 Å². The van der Waals surface area contributed by atoms with Gasteiger partial charge < -0.3 is 9.80 Å². The normalized spacial score (nSPS) is 15.8. The van der Waals surface area contributed by atoms with E-state index in [4.69, 9.17) is 0 Å². The third kappa shape index (κ3) is 3.53. The maximum absolute atomic E-state index is 12.5. The molecule has 0 saturated carbocycles. The number of benzene rings is 1. The van der Waals surface area contributed by atoms with E-state index in [1.54, 1.807) is 0 Å². The highest BCUT2D eigenvalue weighted by atomic mass is 16.2. The Balaban J connectivity index is 2.06. The molecule has 0 unspecified atom stereocenters. The third-order valence-corrected chi connectivity index (χ3v) is 4.14. The van der Waals surface area contributed by atoms with Crippen LogP contribution in [0.1, 0.15) is 49.9 Å². The number of carbonyl (C=O) groups excluding carboxylic acids is 1. The monoisotopic (exact) mass is 274 g/mol. The molecule has 0 aliphatic carbocycles. The van der Waals surface area contributed by atoms with Crippen molar-refractivity contribution in [1.29, 1.82) is 0 Å². The number of hydrogen-bond acceptors (Lipinski definition) is 2. The summed E-state index contributed by atoms with van der Waals surface area (Å²) in [6, 6.07) is 8.08. The van der Waals surface area contributed by atoms with Gasteiger partial charge in [-0.3, -0.25) is 4.79 Å². The average Bonchev–Trinajstić information content (AvgIpc) is 2.77. The maximum Gasteiger partial charge on any atom is 0.253 e. The molecule has 3 heteroatoms. The fourth-order valence-electron chi connectivity index (χ4n) is 2.86. The molecular weight excluding hydrogens is 248 g/mol. The van der Waals surface area contributed by atoms with Crippen LogP contribution in [0.25, 0.3) is 0 Å². The molecule has 0 bridgehead atoms. The summed E-state index contributed by atoms with van der Waals surface area (Å²) < 4.78 is 0. The van der Waals surface area contributed by atoms with Crippen molar-refractivity contribution in [2.75, 3.05) is 31.1 Å². The molecule has 0 radical (unpaired) electrons. The molecule has 1 amide bonds. The number of anilines is 1. The van der Waals surface area contributed by atoms with Crippen molar-refractivity contribution in [3.8, 4) is 0 Å². The summed E-state index contributed by atoms with van der Waals surface area (Å²) in [7, 11) is 0. The van der Waals surface area contributed by atoms with Crippen molar-refractivity contribution in [3.63, 3.8) is 0 Å². The molecule has 3 nitrogen and oxygen atoms in total. The molecule has 1 heterocycles. The van der Waals surface area contributed by atoms with Crippen molar-refractivity contribution in [2.24, 2.45) is 0 Å². The van der Waals surface area contributed by atoms with Gasteiger partial charge in [0.15, 0.2) is 0 Å². The van der Waals surface area contributed by atoms with Gasteiger partial charge in [0.25, 0.3) is 5.91 Å². The lowest BCUT2D eigenvalue weighted by atomic mass is 10.1. The predicted octanol–water partition coefficient (Wildman–Crippen LogP) is 3.55. The minimum absolute atomic E-state index is 0.193. The molecule has 2 rings (SSSR count). The number of likely N-dealkylation sites (tertiary alicyclic amines) is 1. The van der Waals surface area contributed by atoms with Crippen molar-refractivity contribution in [2.45, 2.75) is 39.5 Å². The Hall–Kier alpha value is -1.51. The first kappa shape index (κ1) is 14.9. The number of rotatable bonds is 4. The van der Waals surface area contributed by atoms with Gasteiger partial charge in [-0.05, 0) is 51.0 Å². The van der Waals surface area contributed by atoms with Gasteiger partial charge in [0.1, 0.15) is 0 Å². The zero-order valence-corrected chi connectivity index (χ0v) is 12.8. The molecule has 1 aliphatic rings. The van der Waals surface area contributed by atoms with Crippen LogP contribution in [-0.2, 0) is 0 Å². The maximum atomic E-state index is 12.5. The van der Waals surface area contributed by atoms with E-state index in [1.165, 1.54) is 18.5 Å². The van der Waals surface area contributed by atoms with Gasteiger partial charge in [-0.15, -0.1) is 0 Å². The molecule has 0 spiro atoms. The third-order valence-electron chi connectivity index (χ3n) is 4.14. The quantitative estimate of drug-likeness (QED) is 0.838. The van der Waals surface area contributed by atoms with E-state index in [-0.39, 0.29) is 5.91 Å². The molecule has 110 valence electrons. The Bertz CT molecular complexity index is 415. The number of carbonyl (C=O) groups is 1. The van der Waals surface area contributed by atoms with Crippen LogP contribution in [0.3, 0.4) is 0 Å². The molecule has 20 heavy (non-hydrogen) atoms. The summed E-state index contributed by atoms with van der Waals surface area (Å²) in [6.45, 7) is 8.12. The molecule has 0 aromatic heterocycles. The van der Waals surface area contributed by atoms with Crippen LogP contribution in [0.4, 0.5) is 5.69 Å². The zero-order chi connectivity index (χ0) is 14.4. The van der Waals surface area contributed by atoms with Gasteiger partial charge in [-0.2, -0.15) is 0 Å². The summed E-state index contributed by atoms with van der Waals surface area (Å²) in [5.41, 5.74) is 2.02. The Morgan fingerprint density at radius 2 is 1.55 bits per heavy atom. The van der Waals surface area contributed by atoms with Gasteiger partial charge >= 0.3 is 0 Å². The average molecular weight is 274 g/mol. The van der Waals surface area contributed by atoms with Crippen LogP contribution in [-0.4, -0.2) is 37.0 Å². The van der Waals surface area contributed by atoms with Crippen LogP contribution in [0.15, 0.2) is 24.3 Å². The Kier molecular flexibility index (Phi) is 5.45. The standard InChI is InChI=1S/C17H26N2O/c1-3-18(4-2)16-11-9-15(10-12-16)17(20)19-13-7-5-6-8-14-19/h9-12H,3-8,13-14H2,1-2H3. The molecule has 1 aromatic carbocycles. The van der Waals surface area contributed by atoms with Gasteiger partial charge in [0.05, 0.1) is 0 Å². The van der Waals surface area contributed by atoms with E-state index in [9.17, 15) is 4.79 Å². The molecular formula is C17H26N2O. The smallest absolute Gasteiger partial charge is 0.253 e. The minimum atomic E-state index is 0.193. The van der Waals surface area contributed by atoms with Crippen molar-refractivity contribution in [3.05, 3.63) is 29.8 Å². The summed E-state index contributed by atoms with van der Waals surface area (Å²) >= 11 is 0. The fraction of sp³-hybridized carbons (Fsp3) is 0.588. The second-order valence-corrected chi connectivity index (χ2v) is 5.43. The second kappa shape index (κ2) is 7.32. The van der Waals surface area contributed by atoms with E-state index in [0.717, 1.165) is 44.6 Å². The molecule has 0 N–H and O–H groups in total. The molecule has 1 saturated heterocycles. The lowest BCUT2D eigenvalue weighted by molar-refractivity contribution is 0.0761. The highest BCUT2D eigenvalue weighted by molar-refractivity contribution is 5.94. The van der Waals surface area contributed by atoms with Gasteiger partial charge in [-0.25, -0.2) is 0 Å². The summed E-state index contributed by atoms with van der Waals surface area (Å²) in [5, 5.41) is 0. The number of amides is 1. The van der Waals surface area contributed by atoms with Crippen LogP contribution in [0.2, 0.25) is 0 Å². The van der Waals surface area contributed by atoms with Crippen LogP contribution < -0.4 is 4.90 Å². The van der Waals surface area contributed by atoms with E-state index in [2.05, 4.69) is 30.9 Å². The van der Waals surface area contributed by atoms with Gasteiger partial charge in [0.2, 0.25) is 0 Å². The Morgan fingerprint density at radius 3 is 2.05 bits per heavy atom. The van der Waals surface area contributed by atoms with Gasteiger partial charge in [0, 0.05) is 37.4 Å². The number of nitrogens with zero attached hydrogens (tertiary/aromatic N) is 2. The van der Waals surface area contributed by atoms with Crippen LogP contribution in [0.5, 0.6) is 0 Å². The number of hydrogen-bond donors (Lipinski definition) is 0. The first-order valence-corrected chi connectivity index (χ1v) is 7.90. The molecule has 1 fully saturated rings. The second-order valence-electron chi connectivity index (χ2n) is 5.43. The van der Waals surface area contributed by atoms with Crippen LogP contribution in [0, 0.1) is 0 Å².